The first kappa shape index (κ1) is 17.2. The third-order valence-corrected chi connectivity index (χ3v) is 3.12. The fourth-order valence-electron chi connectivity index (χ4n) is 2.30. The highest BCUT2D eigenvalue weighted by atomic mass is 16.6. The lowest BCUT2D eigenvalue weighted by Gasteiger charge is -2.38. The molecule has 1 aliphatic heterocycles. The van der Waals surface area contributed by atoms with Gasteiger partial charge in [-0.1, -0.05) is 6.42 Å². The Labute approximate surface area is 124 Å². The molecule has 120 valence electrons. The molecule has 1 fully saturated rings. The number of aliphatic carboxylic acids is 1. The summed E-state index contributed by atoms with van der Waals surface area (Å²) in [5, 5.41) is 19.3. The number of hydrogen-bond acceptors (Lipinski definition) is 5. The maximum absolute atomic E-state index is 11.8. The van der Waals surface area contributed by atoms with Crippen LogP contribution in [-0.2, 0) is 9.53 Å². The van der Waals surface area contributed by atoms with E-state index in [4.69, 9.17) is 15.9 Å². The molecule has 1 rings (SSSR count). The predicted molar refractivity (Wildman–Crippen MR) is 77.1 cm³/mol. The van der Waals surface area contributed by atoms with Crippen LogP contribution in [0.25, 0.3) is 0 Å². The Hall–Kier alpha value is -1.83. The van der Waals surface area contributed by atoms with Crippen LogP contribution in [0, 0.1) is 5.41 Å². The molecule has 0 radical (unpaired) electrons. The molecule has 5 N–H and O–H groups in total. The number of nitrogens with zero attached hydrogens (tertiary/aromatic N) is 1. The fraction of sp³-hybridized carbons (Fsp3) is 0.769. The topological polar surface area (TPSA) is 129 Å². The third kappa shape index (κ3) is 5.22. The van der Waals surface area contributed by atoms with Gasteiger partial charge in [-0.05, 0) is 33.6 Å². The average Bonchev–Trinajstić information content (AvgIpc) is 2.33. The number of nitrogens with one attached hydrogen (secondary N) is 2. The predicted octanol–water partition coefficient (Wildman–Crippen LogP) is 0.712. The Morgan fingerprint density at radius 3 is 2.52 bits per heavy atom. The molecular weight excluding hydrogens is 276 g/mol. The minimum atomic E-state index is -1.26. The van der Waals surface area contributed by atoms with E-state index in [0.717, 1.165) is 12.8 Å². The zero-order valence-corrected chi connectivity index (χ0v) is 12.7. The van der Waals surface area contributed by atoms with Gasteiger partial charge in [0.05, 0.1) is 6.04 Å². The zero-order valence-electron chi connectivity index (χ0n) is 12.7. The van der Waals surface area contributed by atoms with Crippen molar-refractivity contribution >= 4 is 17.9 Å². The Bertz CT molecular complexity index is 419. The number of ether oxygens (including phenoxy) is 1. The van der Waals surface area contributed by atoms with Crippen molar-refractivity contribution in [3.05, 3.63) is 0 Å². The summed E-state index contributed by atoms with van der Waals surface area (Å²) < 4.78 is 5.08. The number of nitrogens with two attached hydrogens (primary N) is 1. The molecule has 8 nitrogen and oxygen atoms in total. The first-order valence-corrected chi connectivity index (χ1v) is 6.94. The fourth-order valence-corrected chi connectivity index (χ4v) is 2.30. The van der Waals surface area contributed by atoms with Gasteiger partial charge in [0.2, 0.25) is 0 Å². The number of amides is 1. The smallest absolute Gasteiger partial charge is 0.409 e. The molecule has 8 heteroatoms. The van der Waals surface area contributed by atoms with E-state index in [1.54, 1.807) is 20.8 Å². The molecule has 0 spiro atoms. The van der Waals surface area contributed by atoms with Crippen LogP contribution in [0.2, 0.25) is 0 Å². The van der Waals surface area contributed by atoms with E-state index in [2.05, 4.69) is 5.32 Å². The summed E-state index contributed by atoms with van der Waals surface area (Å²) in [6.45, 7) is 5.54. The van der Waals surface area contributed by atoms with Crippen LogP contribution in [0.15, 0.2) is 0 Å². The molecule has 2 atom stereocenters. The lowest BCUT2D eigenvalue weighted by atomic mass is 10.0. The van der Waals surface area contributed by atoms with Gasteiger partial charge >= 0.3 is 12.1 Å². The van der Waals surface area contributed by atoms with Gasteiger partial charge in [0.15, 0.2) is 6.17 Å². The molecule has 0 aliphatic carbocycles. The highest BCUT2D eigenvalue weighted by Crippen LogP contribution is 2.19. The minimum absolute atomic E-state index is 0.0908. The number of amidine groups is 1. The molecule has 1 amide bonds. The summed E-state index contributed by atoms with van der Waals surface area (Å²) in [7, 11) is 0. The van der Waals surface area contributed by atoms with Crippen LogP contribution in [0.1, 0.15) is 40.0 Å². The minimum Gasteiger partial charge on any atom is -0.479 e. The standard InChI is InChI=1S/C13H24N4O4/c1-13(2,3)21-12(20)16-10(11(18)19)17-7-5-4-6-8(17)9(14)15/h8,10H,4-7H2,1-3H3,(H3,14,15)(H,16,20)(H,18,19)/t8-,10-/m1/s1. The largest absolute Gasteiger partial charge is 0.479 e. The monoisotopic (exact) mass is 300 g/mol. The number of carbonyl (C=O) groups is 2. The average molecular weight is 300 g/mol. The van der Waals surface area contributed by atoms with Crippen LogP contribution >= 0.6 is 0 Å². The maximum atomic E-state index is 11.8. The highest BCUT2D eigenvalue weighted by molar-refractivity contribution is 5.85. The van der Waals surface area contributed by atoms with Crippen LogP contribution in [0.4, 0.5) is 4.79 Å². The van der Waals surface area contributed by atoms with Crippen molar-refractivity contribution in [1.82, 2.24) is 10.2 Å². The van der Waals surface area contributed by atoms with Crippen LogP contribution < -0.4 is 11.1 Å². The lowest BCUT2D eigenvalue weighted by Crippen LogP contribution is -2.61. The SMILES string of the molecule is CC(C)(C)OC(=O)N[C@@H](C(=O)O)N1CCCC[C@@H]1C(=N)N. The third-order valence-electron chi connectivity index (χ3n) is 3.12. The molecule has 0 unspecified atom stereocenters. The van der Waals surface area contributed by atoms with Gasteiger partial charge in [-0.25, -0.2) is 9.59 Å². The number of carboxylic acids is 1. The van der Waals surface area contributed by atoms with E-state index in [1.807, 2.05) is 0 Å². The summed E-state index contributed by atoms with van der Waals surface area (Å²) in [4.78, 5) is 24.8. The van der Waals surface area contributed by atoms with E-state index in [-0.39, 0.29) is 5.84 Å². The van der Waals surface area contributed by atoms with E-state index < -0.39 is 29.9 Å². The molecule has 0 bridgehead atoms. The van der Waals surface area contributed by atoms with Gasteiger partial charge in [0, 0.05) is 6.54 Å². The number of rotatable bonds is 4. The zero-order chi connectivity index (χ0) is 16.2. The van der Waals surface area contributed by atoms with Gasteiger partial charge in [-0.3, -0.25) is 15.6 Å². The van der Waals surface area contributed by atoms with Crippen molar-refractivity contribution in [2.24, 2.45) is 5.73 Å². The quantitative estimate of drug-likeness (QED) is 0.447. The Kier molecular flexibility index (Phi) is 5.54. The Morgan fingerprint density at radius 2 is 2.05 bits per heavy atom. The van der Waals surface area contributed by atoms with E-state index in [1.165, 1.54) is 4.90 Å². The molecule has 0 aromatic carbocycles. The summed E-state index contributed by atoms with van der Waals surface area (Å²) in [6.07, 6.45) is 0.217. The van der Waals surface area contributed by atoms with Crippen molar-refractivity contribution < 1.29 is 19.4 Å². The normalized spacial score (nSPS) is 21.4. The Balaban J connectivity index is 2.82. The molecule has 0 aromatic heterocycles. The summed E-state index contributed by atoms with van der Waals surface area (Å²) >= 11 is 0. The second-order valence-corrected chi connectivity index (χ2v) is 6.09. The molecule has 0 aromatic rings. The van der Waals surface area contributed by atoms with Crippen molar-refractivity contribution in [2.75, 3.05) is 6.54 Å². The van der Waals surface area contributed by atoms with Gasteiger partial charge in [-0.15, -0.1) is 0 Å². The van der Waals surface area contributed by atoms with Crippen LogP contribution in [0.5, 0.6) is 0 Å². The maximum Gasteiger partial charge on any atom is 0.409 e. The molecular formula is C13H24N4O4. The first-order chi connectivity index (χ1) is 9.61. The molecule has 1 saturated heterocycles. The van der Waals surface area contributed by atoms with E-state index in [9.17, 15) is 14.7 Å². The number of hydrogen-bond donors (Lipinski definition) is 4. The van der Waals surface area contributed by atoms with Crippen molar-refractivity contribution in [2.45, 2.75) is 57.8 Å². The summed E-state index contributed by atoms with van der Waals surface area (Å²) in [6, 6.07) is -0.477. The molecule has 1 heterocycles. The number of carbonyl (C=O) groups excluding carboxylic acids is 1. The van der Waals surface area contributed by atoms with E-state index in [0.29, 0.717) is 13.0 Å². The van der Waals surface area contributed by atoms with Gasteiger partial charge in [0.25, 0.3) is 0 Å². The van der Waals surface area contributed by atoms with E-state index >= 15 is 0 Å². The number of piperidine rings is 1. The highest BCUT2D eigenvalue weighted by Gasteiger charge is 2.36. The summed E-state index contributed by atoms with van der Waals surface area (Å²) in [5.74, 6) is -1.29. The summed E-state index contributed by atoms with van der Waals surface area (Å²) in [5.41, 5.74) is 4.82. The number of likely N-dealkylation sites (tertiary alicyclic amines) is 1. The van der Waals surface area contributed by atoms with Gasteiger partial charge < -0.3 is 15.6 Å². The van der Waals surface area contributed by atoms with Crippen molar-refractivity contribution in [1.29, 1.82) is 5.41 Å². The van der Waals surface area contributed by atoms with Gasteiger partial charge in [0.1, 0.15) is 11.4 Å². The second kappa shape index (κ2) is 6.75. The van der Waals surface area contributed by atoms with Crippen molar-refractivity contribution in [3.63, 3.8) is 0 Å². The van der Waals surface area contributed by atoms with Gasteiger partial charge in [-0.2, -0.15) is 0 Å². The number of carboxylic acid groups (broad SMARTS) is 1. The molecule has 21 heavy (non-hydrogen) atoms. The Morgan fingerprint density at radius 1 is 1.43 bits per heavy atom. The molecule has 1 aliphatic rings. The van der Waals surface area contributed by atoms with Crippen molar-refractivity contribution in [3.8, 4) is 0 Å². The number of alkyl carbamates (subject to hydrolysis) is 1. The van der Waals surface area contributed by atoms with Crippen LogP contribution in [-0.4, -0.2) is 52.3 Å². The van der Waals surface area contributed by atoms with Crippen LogP contribution in [0.3, 0.4) is 0 Å². The first-order valence-electron chi connectivity index (χ1n) is 6.94. The second-order valence-electron chi connectivity index (χ2n) is 6.09. The lowest BCUT2D eigenvalue weighted by molar-refractivity contribution is -0.145. The molecule has 0 saturated carbocycles.